The van der Waals surface area contributed by atoms with Crippen LogP contribution in [0.5, 0.6) is 0 Å². The number of aromatic nitrogens is 3. The highest BCUT2D eigenvalue weighted by Gasteiger charge is 2.14. The first-order chi connectivity index (χ1) is 18.4. The Morgan fingerprint density at radius 2 is 2.00 bits per heavy atom. The van der Waals surface area contributed by atoms with Crippen LogP contribution in [0, 0.1) is 5.82 Å². The predicted octanol–water partition coefficient (Wildman–Crippen LogP) is 4.39. The second-order valence-electron chi connectivity index (χ2n) is 8.51. The summed E-state index contributed by atoms with van der Waals surface area (Å²) < 4.78 is 14.5. The molecule has 12 heteroatoms. The van der Waals surface area contributed by atoms with Gasteiger partial charge in [-0.05, 0) is 50.3 Å². The molecule has 0 radical (unpaired) electrons. The van der Waals surface area contributed by atoms with Crippen molar-refractivity contribution in [2.24, 2.45) is 5.73 Å². The van der Waals surface area contributed by atoms with E-state index in [-0.39, 0.29) is 11.5 Å². The first-order valence-corrected chi connectivity index (χ1v) is 13.9. The maximum atomic E-state index is 14.5. The molecule has 0 bridgehead atoms. The molecule has 0 atom stereocenters. The molecular weight excluding hydrogens is 527 g/mol. The minimum atomic E-state index is -0.450. The number of carbonyl (C=O) groups excluding carboxylic acids is 1. The Hall–Kier alpha value is -2.83. The maximum absolute atomic E-state index is 14.5. The topological polar surface area (TPSA) is 121 Å². The number of nitrogens with zero attached hydrogens (tertiary/aromatic N) is 4. The molecule has 0 fully saturated rings. The number of hydrogen-bond acceptors (Lipinski definition) is 9. The van der Waals surface area contributed by atoms with E-state index in [0.717, 1.165) is 26.1 Å². The lowest BCUT2D eigenvalue weighted by Gasteiger charge is -2.21. The monoisotopic (exact) mass is 560 g/mol. The third-order valence-corrected chi connectivity index (χ3v) is 6.75. The zero-order valence-electron chi connectivity index (χ0n) is 21.6. The van der Waals surface area contributed by atoms with Gasteiger partial charge in [0.2, 0.25) is 5.91 Å². The highest BCUT2D eigenvalue weighted by atomic mass is 35.5. The molecule has 9 nitrogen and oxygen atoms in total. The molecule has 1 amide bonds. The van der Waals surface area contributed by atoms with Crippen molar-refractivity contribution in [1.29, 1.82) is 0 Å². The van der Waals surface area contributed by atoms with Gasteiger partial charge in [0.1, 0.15) is 16.7 Å². The van der Waals surface area contributed by atoms with Crippen LogP contribution < -0.4 is 21.7 Å². The summed E-state index contributed by atoms with van der Waals surface area (Å²) in [6, 6.07) is 9.51. The molecule has 0 aliphatic rings. The smallest absolute Gasteiger partial charge is 0.226 e. The number of nitrogens with two attached hydrogens (primary N) is 1. The fourth-order valence-corrected chi connectivity index (χ4v) is 4.52. The Bertz CT molecular complexity index is 1200. The van der Waals surface area contributed by atoms with Gasteiger partial charge in [-0.15, -0.1) is 22.0 Å². The SMILES string of the molecule is CCCN(CCNC)CCC(=O)Nc1cc(Nc2cc(-c3cc(Cl)ccc3F)nnc2SCCN)ccn1. The van der Waals surface area contributed by atoms with Crippen molar-refractivity contribution in [2.75, 3.05) is 56.2 Å². The average molecular weight is 561 g/mol. The van der Waals surface area contributed by atoms with E-state index in [1.54, 1.807) is 24.4 Å². The molecule has 0 spiro atoms. The lowest BCUT2D eigenvalue weighted by molar-refractivity contribution is -0.116. The number of likely N-dealkylation sites (N-methyl/N-ethyl adjacent to an activating group) is 1. The summed E-state index contributed by atoms with van der Waals surface area (Å²) in [5, 5.41) is 18.8. The molecule has 1 aromatic carbocycles. The molecule has 0 aliphatic carbocycles. The third-order valence-electron chi connectivity index (χ3n) is 5.50. The minimum absolute atomic E-state index is 0.108. The first-order valence-electron chi connectivity index (χ1n) is 12.5. The number of nitrogens with one attached hydrogen (secondary N) is 3. The number of thioether (sulfide) groups is 1. The Morgan fingerprint density at radius 3 is 2.76 bits per heavy atom. The standard InChI is InChI=1S/C26H34ClFN8OS/c1-3-11-36(13-10-30-2)12-7-25(37)33-24-16-19(6-9-31-24)32-23-17-22(34-35-26(23)38-14-8-29)20-15-18(27)4-5-21(20)28/h4-6,9,15-17,30H,3,7-8,10-14,29H2,1-2H3,(H2,31,32,33,34,37). The molecule has 2 heterocycles. The molecule has 0 saturated carbocycles. The van der Waals surface area contributed by atoms with E-state index in [1.807, 2.05) is 7.05 Å². The number of halogens is 2. The zero-order valence-corrected chi connectivity index (χ0v) is 23.2. The fraction of sp³-hybridized carbons (Fsp3) is 0.385. The van der Waals surface area contributed by atoms with Crippen molar-refractivity contribution < 1.29 is 9.18 Å². The highest BCUT2D eigenvalue weighted by Crippen LogP contribution is 2.32. The molecule has 5 N–H and O–H groups in total. The van der Waals surface area contributed by atoms with Gasteiger partial charge in [-0.25, -0.2) is 9.37 Å². The van der Waals surface area contributed by atoms with Gasteiger partial charge in [0.15, 0.2) is 0 Å². The first kappa shape index (κ1) is 29.7. The lowest BCUT2D eigenvalue weighted by atomic mass is 10.1. The number of carbonyl (C=O) groups is 1. The molecule has 0 aliphatic heterocycles. The summed E-state index contributed by atoms with van der Waals surface area (Å²) in [6.07, 6.45) is 3.00. The summed E-state index contributed by atoms with van der Waals surface area (Å²) in [4.78, 5) is 19.2. The summed E-state index contributed by atoms with van der Waals surface area (Å²) in [7, 11) is 1.92. The van der Waals surface area contributed by atoms with Crippen LogP contribution in [0.3, 0.4) is 0 Å². The van der Waals surface area contributed by atoms with Crippen molar-refractivity contribution >= 4 is 46.5 Å². The summed E-state index contributed by atoms with van der Waals surface area (Å²) in [5.41, 5.74) is 7.56. The summed E-state index contributed by atoms with van der Waals surface area (Å²) in [5.74, 6) is 0.504. The summed E-state index contributed by atoms with van der Waals surface area (Å²) >= 11 is 7.51. The number of benzene rings is 1. The van der Waals surface area contributed by atoms with Gasteiger partial charge in [-0.2, -0.15) is 0 Å². The van der Waals surface area contributed by atoms with E-state index in [4.69, 9.17) is 17.3 Å². The molecule has 3 rings (SSSR count). The van der Waals surface area contributed by atoms with Gasteiger partial charge in [-0.1, -0.05) is 18.5 Å². The molecule has 2 aromatic heterocycles. The van der Waals surface area contributed by atoms with Crippen molar-refractivity contribution in [2.45, 2.75) is 24.8 Å². The minimum Gasteiger partial charge on any atom is -0.353 e. The Balaban J connectivity index is 1.74. The van der Waals surface area contributed by atoms with Crippen LogP contribution in [0.25, 0.3) is 11.3 Å². The van der Waals surface area contributed by atoms with Gasteiger partial charge in [-0.3, -0.25) is 4.79 Å². The Kier molecular flexibility index (Phi) is 12.2. The highest BCUT2D eigenvalue weighted by molar-refractivity contribution is 7.99. The van der Waals surface area contributed by atoms with Crippen molar-refractivity contribution in [3.63, 3.8) is 0 Å². The maximum Gasteiger partial charge on any atom is 0.226 e. The predicted molar refractivity (Wildman–Crippen MR) is 154 cm³/mol. The second-order valence-corrected chi connectivity index (χ2v) is 10.0. The number of pyridine rings is 1. The quantitative estimate of drug-likeness (QED) is 0.201. The molecular formula is C26H34ClFN8OS. The molecule has 0 unspecified atom stereocenters. The zero-order chi connectivity index (χ0) is 27.3. The van der Waals surface area contributed by atoms with Crippen LogP contribution in [-0.2, 0) is 4.79 Å². The largest absolute Gasteiger partial charge is 0.353 e. The van der Waals surface area contributed by atoms with E-state index in [2.05, 4.69) is 43.0 Å². The molecule has 3 aromatic rings. The van der Waals surface area contributed by atoms with Crippen LogP contribution in [0.1, 0.15) is 19.8 Å². The third kappa shape index (κ3) is 9.17. The van der Waals surface area contributed by atoms with Gasteiger partial charge < -0.3 is 26.6 Å². The molecule has 0 saturated heterocycles. The second kappa shape index (κ2) is 15.6. The molecule has 204 valence electrons. The van der Waals surface area contributed by atoms with E-state index in [0.29, 0.717) is 58.2 Å². The number of rotatable bonds is 15. The van der Waals surface area contributed by atoms with Crippen LogP contribution in [0.15, 0.2) is 47.6 Å². The van der Waals surface area contributed by atoms with Crippen LogP contribution in [0.4, 0.5) is 21.6 Å². The van der Waals surface area contributed by atoms with Gasteiger partial charge >= 0.3 is 0 Å². The number of anilines is 3. The van der Waals surface area contributed by atoms with Gasteiger partial charge in [0.05, 0.1) is 11.4 Å². The van der Waals surface area contributed by atoms with Crippen LogP contribution in [0.2, 0.25) is 5.02 Å². The Morgan fingerprint density at radius 1 is 1.16 bits per heavy atom. The van der Waals surface area contributed by atoms with Crippen molar-refractivity contribution in [1.82, 2.24) is 25.4 Å². The summed E-state index contributed by atoms with van der Waals surface area (Å²) in [6.45, 7) is 5.97. The van der Waals surface area contributed by atoms with E-state index in [9.17, 15) is 9.18 Å². The number of hydrogen-bond donors (Lipinski definition) is 4. The Labute approximate surface area is 232 Å². The van der Waals surface area contributed by atoms with Crippen LogP contribution >= 0.6 is 23.4 Å². The van der Waals surface area contributed by atoms with Crippen LogP contribution in [-0.4, -0.2) is 71.5 Å². The van der Waals surface area contributed by atoms with E-state index in [1.165, 1.54) is 30.0 Å². The lowest BCUT2D eigenvalue weighted by Crippen LogP contribution is -2.34. The van der Waals surface area contributed by atoms with Gasteiger partial charge in [0, 0.05) is 66.9 Å². The molecule has 38 heavy (non-hydrogen) atoms. The van der Waals surface area contributed by atoms with E-state index >= 15 is 0 Å². The van der Waals surface area contributed by atoms with E-state index < -0.39 is 5.82 Å². The van der Waals surface area contributed by atoms with Crippen molar-refractivity contribution in [3.8, 4) is 11.3 Å². The average Bonchev–Trinajstić information content (AvgIpc) is 2.91. The fourth-order valence-electron chi connectivity index (χ4n) is 3.68. The number of amides is 1. The van der Waals surface area contributed by atoms with Gasteiger partial charge in [0.25, 0.3) is 0 Å². The normalized spacial score (nSPS) is 11.1. The van der Waals surface area contributed by atoms with Crippen molar-refractivity contribution in [3.05, 3.63) is 53.4 Å².